The highest BCUT2D eigenvalue weighted by Gasteiger charge is 2.19. The van der Waals surface area contributed by atoms with Gasteiger partial charge in [-0.15, -0.1) is 0 Å². The van der Waals surface area contributed by atoms with Gasteiger partial charge in [0.2, 0.25) is 0 Å². The number of esters is 1. The Bertz CT molecular complexity index is 418. The van der Waals surface area contributed by atoms with Crippen molar-refractivity contribution in [3.05, 3.63) is 35.4 Å². The Morgan fingerprint density at radius 2 is 2.21 bits per heavy atom. The van der Waals surface area contributed by atoms with Crippen LogP contribution in [-0.4, -0.2) is 55.5 Å². The van der Waals surface area contributed by atoms with E-state index in [0.29, 0.717) is 12.2 Å². The number of morpholine rings is 1. The SMILES string of the molecule is COC(=O)c1ccc(CN2CCOC(CO)C2)cc1. The van der Waals surface area contributed by atoms with Crippen LogP contribution in [0, 0.1) is 0 Å². The van der Waals surface area contributed by atoms with E-state index in [1.807, 2.05) is 12.1 Å². The Balaban J connectivity index is 1.94. The van der Waals surface area contributed by atoms with E-state index in [2.05, 4.69) is 9.64 Å². The molecule has 1 N–H and O–H groups in total. The minimum Gasteiger partial charge on any atom is -0.465 e. The zero-order valence-electron chi connectivity index (χ0n) is 11.0. The van der Waals surface area contributed by atoms with Gasteiger partial charge in [0.25, 0.3) is 0 Å². The molecule has 0 bridgehead atoms. The smallest absolute Gasteiger partial charge is 0.337 e. The highest BCUT2D eigenvalue weighted by atomic mass is 16.5. The van der Waals surface area contributed by atoms with Crippen LogP contribution in [0.2, 0.25) is 0 Å². The lowest BCUT2D eigenvalue weighted by Gasteiger charge is -2.31. The lowest BCUT2D eigenvalue weighted by atomic mass is 10.1. The highest BCUT2D eigenvalue weighted by Crippen LogP contribution is 2.12. The number of methoxy groups -OCH3 is 1. The van der Waals surface area contributed by atoms with Crippen LogP contribution in [0.1, 0.15) is 15.9 Å². The van der Waals surface area contributed by atoms with Gasteiger partial charge in [-0.3, -0.25) is 4.90 Å². The van der Waals surface area contributed by atoms with E-state index in [4.69, 9.17) is 9.84 Å². The third kappa shape index (κ3) is 3.76. The lowest BCUT2D eigenvalue weighted by Crippen LogP contribution is -2.43. The van der Waals surface area contributed by atoms with Crippen molar-refractivity contribution in [3.8, 4) is 0 Å². The summed E-state index contributed by atoms with van der Waals surface area (Å²) in [6.45, 7) is 3.08. The molecule has 1 atom stereocenters. The molecule has 1 fully saturated rings. The van der Waals surface area contributed by atoms with Gasteiger partial charge >= 0.3 is 5.97 Å². The number of hydrogen-bond donors (Lipinski definition) is 1. The van der Waals surface area contributed by atoms with Crippen molar-refractivity contribution in [2.45, 2.75) is 12.6 Å². The van der Waals surface area contributed by atoms with E-state index in [9.17, 15) is 4.79 Å². The first-order valence-electron chi connectivity index (χ1n) is 6.35. The summed E-state index contributed by atoms with van der Waals surface area (Å²) in [6, 6.07) is 7.39. The third-order valence-electron chi connectivity index (χ3n) is 3.21. The fourth-order valence-corrected chi connectivity index (χ4v) is 2.16. The highest BCUT2D eigenvalue weighted by molar-refractivity contribution is 5.89. The van der Waals surface area contributed by atoms with Gasteiger partial charge in [0.1, 0.15) is 0 Å². The minimum atomic E-state index is -0.321. The molecule has 2 rings (SSSR count). The Kier molecular flexibility index (Phi) is 4.90. The van der Waals surface area contributed by atoms with Gasteiger partial charge in [0, 0.05) is 19.6 Å². The molecular formula is C14H19NO4. The number of ether oxygens (including phenoxy) is 2. The summed E-state index contributed by atoms with van der Waals surface area (Å²) in [5.41, 5.74) is 1.69. The van der Waals surface area contributed by atoms with Gasteiger partial charge in [-0.25, -0.2) is 4.79 Å². The second kappa shape index (κ2) is 6.65. The van der Waals surface area contributed by atoms with E-state index in [0.717, 1.165) is 25.2 Å². The Morgan fingerprint density at radius 3 is 2.84 bits per heavy atom. The van der Waals surface area contributed by atoms with Crippen LogP contribution in [0.4, 0.5) is 0 Å². The van der Waals surface area contributed by atoms with E-state index < -0.39 is 0 Å². The number of benzene rings is 1. The molecular weight excluding hydrogens is 246 g/mol. The van der Waals surface area contributed by atoms with Crippen molar-refractivity contribution in [2.75, 3.05) is 33.4 Å². The number of aliphatic hydroxyl groups excluding tert-OH is 1. The first-order chi connectivity index (χ1) is 9.22. The molecule has 5 nitrogen and oxygen atoms in total. The number of carbonyl (C=O) groups is 1. The summed E-state index contributed by atoms with van der Waals surface area (Å²) >= 11 is 0. The average molecular weight is 265 g/mol. The van der Waals surface area contributed by atoms with Crippen LogP contribution in [0.25, 0.3) is 0 Å². The molecule has 1 saturated heterocycles. The van der Waals surface area contributed by atoms with Crippen LogP contribution < -0.4 is 0 Å². The second-order valence-electron chi connectivity index (χ2n) is 4.60. The van der Waals surface area contributed by atoms with Crippen molar-refractivity contribution in [3.63, 3.8) is 0 Å². The van der Waals surface area contributed by atoms with Gasteiger partial charge in [0.15, 0.2) is 0 Å². The van der Waals surface area contributed by atoms with Crippen molar-refractivity contribution in [1.29, 1.82) is 0 Å². The predicted octanol–water partition coefficient (Wildman–Crippen LogP) is 0.666. The summed E-state index contributed by atoms with van der Waals surface area (Å²) in [5, 5.41) is 9.10. The fourth-order valence-electron chi connectivity index (χ4n) is 2.16. The molecule has 0 aliphatic carbocycles. The first-order valence-corrected chi connectivity index (χ1v) is 6.35. The van der Waals surface area contributed by atoms with Crippen LogP contribution >= 0.6 is 0 Å². The number of carbonyl (C=O) groups excluding carboxylic acids is 1. The number of nitrogens with zero attached hydrogens (tertiary/aromatic N) is 1. The lowest BCUT2D eigenvalue weighted by molar-refractivity contribution is -0.0551. The molecule has 19 heavy (non-hydrogen) atoms. The van der Waals surface area contributed by atoms with Crippen molar-refractivity contribution in [1.82, 2.24) is 4.90 Å². The molecule has 0 saturated carbocycles. The van der Waals surface area contributed by atoms with Gasteiger partial charge in [0.05, 0.1) is 32.0 Å². The zero-order valence-corrected chi connectivity index (χ0v) is 11.0. The maximum Gasteiger partial charge on any atom is 0.337 e. The van der Waals surface area contributed by atoms with E-state index >= 15 is 0 Å². The van der Waals surface area contributed by atoms with Gasteiger partial charge < -0.3 is 14.6 Å². The van der Waals surface area contributed by atoms with Gasteiger partial charge in [-0.05, 0) is 17.7 Å². The fraction of sp³-hybridized carbons (Fsp3) is 0.500. The third-order valence-corrected chi connectivity index (χ3v) is 3.21. The number of hydrogen-bond acceptors (Lipinski definition) is 5. The maximum absolute atomic E-state index is 11.3. The minimum absolute atomic E-state index is 0.0534. The largest absolute Gasteiger partial charge is 0.465 e. The molecule has 1 aliphatic rings. The Morgan fingerprint density at radius 1 is 1.47 bits per heavy atom. The van der Waals surface area contributed by atoms with E-state index in [1.54, 1.807) is 12.1 Å². The van der Waals surface area contributed by atoms with Crippen molar-refractivity contribution < 1.29 is 19.4 Å². The summed E-state index contributed by atoms with van der Waals surface area (Å²) in [5.74, 6) is -0.321. The van der Waals surface area contributed by atoms with Crippen LogP contribution in [0.15, 0.2) is 24.3 Å². The molecule has 1 aromatic rings. The molecule has 0 amide bonds. The molecule has 0 radical (unpaired) electrons. The predicted molar refractivity (Wildman–Crippen MR) is 69.9 cm³/mol. The molecule has 5 heteroatoms. The summed E-state index contributed by atoms with van der Waals surface area (Å²) in [6.07, 6.45) is -0.0944. The number of rotatable bonds is 4. The molecule has 0 spiro atoms. The van der Waals surface area contributed by atoms with Crippen LogP contribution in [-0.2, 0) is 16.0 Å². The molecule has 0 aromatic heterocycles. The van der Waals surface area contributed by atoms with Crippen molar-refractivity contribution >= 4 is 5.97 Å². The normalized spacial score (nSPS) is 20.2. The van der Waals surface area contributed by atoms with E-state index in [1.165, 1.54) is 7.11 Å². The summed E-state index contributed by atoms with van der Waals surface area (Å²) in [7, 11) is 1.37. The standard InChI is InChI=1S/C14H19NO4/c1-18-14(17)12-4-2-11(3-5-12)8-15-6-7-19-13(9-15)10-16/h2-5,13,16H,6-10H2,1H3. The van der Waals surface area contributed by atoms with E-state index in [-0.39, 0.29) is 18.7 Å². The Hall–Kier alpha value is -1.43. The first kappa shape index (κ1) is 14.0. The Labute approximate surface area is 112 Å². The van der Waals surface area contributed by atoms with Crippen LogP contribution in [0.5, 0.6) is 0 Å². The monoisotopic (exact) mass is 265 g/mol. The summed E-state index contributed by atoms with van der Waals surface area (Å²) in [4.78, 5) is 13.6. The second-order valence-corrected chi connectivity index (χ2v) is 4.60. The van der Waals surface area contributed by atoms with Crippen molar-refractivity contribution in [2.24, 2.45) is 0 Å². The van der Waals surface area contributed by atoms with Crippen LogP contribution in [0.3, 0.4) is 0 Å². The molecule has 1 aromatic carbocycles. The molecule has 1 heterocycles. The molecule has 104 valence electrons. The maximum atomic E-state index is 11.3. The average Bonchev–Trinajstić information content (AvgIpc) is 2.47. The topological polar surface area (TPSA) is 59.0 Å². The zero-order chi connectivity index (χ0) is 13.7. The molecule has 1 aliphatic heterocycles. The molecule has 1 unspecified atom stereocenters. The quantitative estimate of drug-likeness (QED) is 0.811. The summed E-state index contributed by atoms with van der Waals surface area (Å²) < 4.78 is 10.1. The van der Waals surface area contributed by atoms with Gasteiger partial charge in [-0.1, -0.05) is 12.1 Å². The van der Waals surface area contributed by atoms with Gasteiger partial charge in [-0.2, -0.15) is 0 Å². The number of aliphatic hydroxyl groups is 1.